The van der Waals surface area contributed by atoms with Crippen LogP contribution in [0.15, 0.2) is 12.2 Å². The van der Waals surface area contributed by atoms with Crippen LogP contribution in [0.1, 0.15) is 26.7 Å². The highest BCUT2D eigenvalue weighted by molar-refractivity contribution is 5.77. The normalized spacial score (nSPS) is 37.7. The zero-order valence-corrected chi connectivity index (χ0v) is 7.54. The molecule has 2 heteroatoms. The van der Waals surface area contributed by atoms with E-state index in [2.05, 4.69) is 6.08 Å². The maximum atomic E-state index is 11.4. The van der Waals surface area contributed by atoms with Crippen molar-refractivity contribution < 1.29 is 9.53 Å². The van der Waals surface area contributed by atoms with E-state index >= 15 is 0 Å². The molecule has 2 rings (SSSR count). The maximum Gasteiger partial charge on any atom is 0.312 e. The van der Waals surface area contributed by atoms with Gasteiger partial charge in [-0.05, 0) is 32.8 Å². The lowest BCUT2D eigenvalue weighted by Gasteiger charge is -2.35. The van der Waals surface area contributed by atoms with Crippen molar-refractivity contribution in [3.05, 3.63) is 12.2 Å². The second-order valence-corrected chi connectivity index (χ2v) is 4.38. The molecular weight excluding hydrogens is 152 g/mol. The average molecular weight is 166 g/mol. The first-order chi connectivity index (χ1) is 5.59. The van der Waals surface area contributed by atoms with E-state index in [1.54, 1.807) is 0 Å². The van der Waals surface area contributed by atoms with Gasteiger partial charge in [0.25, 0.3) is 0 Å². The number of ether oxygens (including phenoxy) is 1. The molecule has 0 aromatic rings. The van der Waals surface area contributed by atoms with E-state index in [0.717, 1.165) is 12.8 Å². The van der Waals surface area contributed by atoms with Crippen LogP contribution in [0, 0.1) is 11.3 Å². The molecule has 0 N–H and O–H groups in total. The van der Waals surface area contributed by atoms with Gasteiger partial charge < -0.3 is 4.74 Å². The number of fused-ring (bicyclic) bond motifs is 1. The van der Waals surface area contributed by atoms with Gasteiger partial charge in [0.05, 0.1) is 5.41 Å². The topological polar surface area (TPSA) is 26.3 Å². The fourth-order valence-corrected chi connectivity index (χ4v) is 2.04. The number of esters is 1. The van der Waals surface area contributed by atoms with Gasteiger partial charge in [0.1, 0.15) is 6.10 Å². The molecule has 66 valence electrons. The van der Waals surface area contributed by atoms with Gasteiger partial charge in [0.15, 0.2) is 0 Å². The molecule has 1 heterocycles. The van der Waals surface area contributed by atoms with Crippen molar-refractivity contribution in [3.63, 3.8) is 0 Å². The van der Waals surface area contributed by atoms with E-state index in [9.17, 15) is 4.79 Å². The van der Waals surface area contributed by atoms with Gasteiger partial charge in [-0.25, -0.2) is 0 Å². The summed E-state index contributed by atoms with van der Waals surface area (Å²) in [7, 11) is 0. The molecule has 1 aliphatic carbocycles. The average Bonchev–Trinajstić information content (AvgIpc) is 2.35. The standard InChI is InChI=1S/C10H14O2/c1-10(2)6-7-4-3-5-8(7)12-9(10)11/h3,5,7-8H,4,6H2,1-2H3. The largest absolute Gasteiger partial charge is 0.457 e. The highest BCUT2D eigenvalue weighted by atomic mass is 16.5. The van der Waals surface area contributed by atoms with E-state index in [1.165, 1.54) is 0 Å². The van der Waals surface area contributed by atoms with Gasteiger partial charge >= 0.3 is 5.97 Å². The minimum Gasteiger partial charge on any atom is -0.457 e. The van der Waals surface area contributed by atoms with Crippen LogP contribution in [-0.2, 0) is 9.53 Å². The molecule has 0 aromatic carbocycles. The van der Waals surface area contributed by atoms with Crippen molar-refractivity contribution >= 4 is 5.97 Å². The van der Waals surface area contributed by atoms with E-state index in [-0.39, 0.29) is 17.5 Å². The van der Waals surface area contributed by atoms with Crippen LogP contribution < -0.4 is 0 Å². The Bertz CT molecular complexity index is 240. The maximum absolute atomic E-state index is 11.4. The molecule has 12 heavy (non-hydrogen) atoms. The smallest absolute Gasteiger partial charge is 0.312 e. The summed E-state index contributed by atoms with van der Waals surface area (Å²) in [6.07, 6.45) is 6.23. The van der Waals surface area contributed by atoms with Gasteiger partial charge in [0, 0.05) is 5.92 Å². The lowest BCUT2D eigenvalue weighted by Crippen LogP contribution is -2.40. The Balaban J connectivity index is 2.17. The number of hydrogen-bond acceptors (Lipinski definition) is 2. The van der Waals surface area contributed by atoms with Crippen molar-refractivity contribution in [2.45, 2.75) is 32.8 Å². The Morgan fingerprint density at radius 1 is 1.58 bits per heavy atom. The Hall–Kier alpha value is -0.790. The van der Waals surface area contributed by atoms with Crippen LogP contribution in [0.3, 0.4) is 0 Å². The minimum atomic E-state index is -0.271. The first kappa shape index (κ1) is 7.84. The molecule has 1 aliphatic heterocycles. The van der Waals surface area contributed by atoms with Crippen molar-refractivity contribution in [2.24, 2.45) is 11.3 Å². The summed E-state index contributed by atoms with van der Waals surface area (Å²) in [5, 5.41) is 0. The van der Waals surface area contributed by atoms with Gasteiger partial charge in [-0.15, -0.1) is 0 Å². The first-order valence-corrected chi connectivity index (χ1v) is 4.47. The predicted molar refractivity (Wildman–Crippen MR) is 45.5 cm³/mol. The molecule has 0 radical (unpaired) electrons. The van der Waals surface area contributed by atoms with E-state index in [0.29, 0.717) is 5.92 Å². The molecule has 1 fully saturated rings. The van der Waals surface area contributed by atoms with Crippen LogP contribution in [0.2, 0.25) is 0 Å². The van der Waals surface area contributed by atoms with Gasteiger partial charge in [0.2, 0.25) is 0 Å². The minimum absolute atomic E-state index is 0.0460. The van der Waals surface area contributed by atoms with Crippen LogP contribution >= 0.6 is 0 Å². The number of rotatable bonds is 0. The van der Waals surface area contributed by atoms with Crippen molar-refractivity contribution in [3.8, 4) is 0 Å². The van der Waals surface area contributed by atoms with Crippen molar-refractivity contribution in [2.75, 3.05) is 0 Å². The Morgan fingerprint density at radius 2 is 2.33 bits per heavy atom. The molecule has 0 amide bonds. The van der Waals surface area contributed by atoms with E-state index in [1.807, 2.05) is 19.9 Å². The lowest BCUT2D eigenvalue weighted by atomic mass is 9.79. The zero-order chi connectivity index (χ0) is 8.77. The summed E-state index contributed by atoms with van der Waals surface area (Å²) in [4.78, 5) is 11.4. The number of carbonyl (C=O) groups excluding carboxylic acids is 1. The highest BCUT2D eigenvalue weighted by Crippen LogP contribution is 2.39. The van der Waals surface area contributed by atoms with Gasteiger partial charge in [-0.2, -0.15) is 0 Å². The molecule has 2 unspecified atom stereocenters. The molecule has 0 aromatic heterocycles. The Morgan fingerprint density at radius 3 is 3.08 bits per heavy atom. The monoisotopic (exact) mass is 166 g/mol. The van der Waals surface area contributed by atoms with Crippen molar-refractivity contribution in [1.29, 1.82) is 0 Å². The zero-order valence-electron chi connectivity index (χ0n) is 7.54. The third-order valence-electron chi connectivity index (χ3n) is 2.80. The second kappa shape index (κ2) is 2.35. The predicted octanol–water partition coefficient (Wildman–Crippen LogP) is 1.90. The van der Waals surface area contributed by atoms with Gasteiger partial charge in [-0.3, -0.25) is 4.79 Å². The fourth-order valence-electron chi connectivity index (χ4n) is 2.04. The van der Waals surface area contributed by atoms with Crippen LogP contribution in [0.5, 0.6) is 0 Å². The SMILES string of the molecule is CC1(C)CC2CC=CC2OC1=O. The summed E-state index contributed by atoms with van der Waals surface area (Å²) >= 11 is 0. The van der Waals surface area contributed by atoms with E-state index in [4.69, 9.17) is 4.74 Å². The summed E-state index contributed by atoms with van der Waals surface area (Å²) in [5.41, 5.74) is -0.271. The molecule has 0 bridgehead atoms. The second-order valence-electron chi connectivity index (χ2n) is 4.38. The summed E-state index contributed by atoms with van der Waals surface area (Å²) in [6, 6.07) is 0. The lowest BCUT2D eigenvalue weighted by molar-refractivity contribution is -0.168. The van der Waals surface area contributed by atoms with E-state index < -0.39 is 0 Å². The number of carbonyl (C=O) groups is 1. The summed E-state index contributed by atoms with van der Waals surface area (Å²) < 4.78 is 5.30. The summed E-state index contributed by atoms with van der Waals surface area (Å²) in [5.74, 6) is 0.494. The van der Waals surface area contributed by atoms with Crippen LogP contribution in [0.25, 0.3) is 0 Å². The van der Waals surface area contributed by atoms with Gasteiger partial charge in [-0.1, -0.05) is 6.08 Å². The molecule has 1 saturated heterocycles. The van der Waals surface area contributed by atoms with Crippen LogP contribution in [0.4, 0.5) is 0 Å². The molecule has 0 spiro atoms. The molecule has 2 nitrogen and oxygen atoms in total. The number of allylic oxidation sites excluding steroid dienone is 1. The fraction of sp³-hybridized carbons (Fsp3) is 0.700. The Labute approximate surface area is 72.6 Å². The molecular formula is C10H14O2. The Kier molecular flexibility index (Phi) is 1.53. The highest BCUT2D eigenvalue weighted by Gasteiger charge is 2.42. The van der Waals surface area contributed by atoms with Crippen molar-refractivity contribution in [1.82, 2.24) is 0 Å². The third kappa shape index (κ3) is 1.06. The molecule has 0 saturated carbocycles. The molecule has 2 aliphatic rings. The van der Waals surface area contributed by atoms with Crippen LogP contribution in [-0.4, -0.2) is 12.1 Å². The summed E-state index contributed by atoms with van der Waals surface area (Å²) in [6.45, 7) is 3.92. The molecule has 2 atom stereocenters. The third-order valence-corrected chi connectivity index (χ3v) is 2.80. The first-order valence-electron chi connectivity index (χ1n) is 4.47. The number of hydrogen-bond donors (Lipinski definition) is 0. The quantitative estimate of drug-likeness (QED) is 0.406.